The number of anilines is 1. The summed E-state index contributed by atoms with van der Waals surface area (Å²) in [5.41, 5.74) is 2.29. The average molecular weight is 379 g/mol. The van der Waals surface area contributed by atoms with Crippen LogP contribution in [-0.2, 0) is 25.6 Å². The summed E-state index contributed by atoms with van der Waals surface area (Å²) in [5.74, 6) is 0.173. The summed E-state index contributed by atoms with van der Waals surface area (Å²) >= 11 is 1.19. The monoisotopic (exact) mass is 379 g/mol. The molecule has 0 unspecified atom stereocenters. The van der Waals surface area contributed by atoms with Crippen molar-refractivity contribution in [3.63, 3.8) is 0 Å². The maximum atomic E-state index is 12.3. The van der Waals surface area contributed by atoms with Crippen molar-refractivity contribution in [3.05, 3.63) is 16.8 Å². The van der Waals surface area contributed by atoms with Crippen LogP contribution in [0, 0.1) is 25.2 Å². The molecule has 26 heavy (non-hydrogen) atoms. The van der Waals surface area contributed by atoms with Crippen molar-refractivity contribution in [1.82, 2.24) is 4.57 Å². The summed E-state index contributed by atoms with van der Waals surface area (Å²) in [5, 5.41) is 12.4. The second-order valence-corrected chi connectivity index (χ2v) is 7.12. The van der Waals surface area contributed by atoms with Gasteiger partial charge in [0.05, 0.1) is 36.3 Å². The number of carbonyl (C=O) groups excluding carboxylic acids is 2. The Hall–Kier alpha value is -1.98. The molecule has 2 rings (SSSR count). The van der Waals surface area contributed by atoms with E-state index in [0.29, 0.717) is 24.5 Å². The first-order valence-electron chi connectivity index (χ1n) is 8.72. The molecule has 1 aromatic rings. The summed E-state index contributed by atoms with van der Waals surface area (Å²) in [6.07, 6.45) is 2.10. The minimum absolute atomic E-state index is 0.0980. The zero-order valence-electron chi connectivity index (χ0n) is 15.5. The average Bonchev–Trinajstić information content (AvgIpc) is 3.18. The van der Waals surface area contributed by atoms with E-state index in [4.69, 9.17) is 9.47 Å². The summed E-state index contributed by atoms with van der Waals surface area (Å²) in [4.78, 5) is 23.6. The number of thioether (sulfide) groups is 1. The Morgan fingerprint density at radius 3 is 2.81 bits per heavy atom. The third-order valence-corrected chi connectivity index (χ3v) is 5.27. The van der Waals surface area contributed by atoms with E-state index in [1.54, 1.807) is 6.92 Å². The molecule has 1 amide bonds. The number of amides is 1. The molecule has 0 aromatic carbocycles. The van der Waals surface area contributed by atoms with Crippen LogP contribution in [0.5, 0.6) is 0 Å². The lowest BCUT2D eigenvalue weighted by molar-refractivity contribution is -0.139. The van der Waals surface area contributed by atoms with E-state index in [1.165, 1.54) is 11.8 Å². The maximum absolute atomic E-state index is 12.3. The maximum Gasteiger partial charge on any atom is 0.315 e. The summed E-state index contributed by atoms with van der Waals surface area (Å²) in [6.45, 7) is 7.25. The number of carbonyl (C=O) groups is 2. The van der Waals surface area contributed by atoms with Crippen molar-refractivity contribution in [2.24, 2.45) is 0 Å². The fourth-order valence-electron chi connectivity index (χ4n) is 2.95. The van der Waals surface area contributed by atoms with Crippen LogP contribution in [0.4, 0.5) is 5.82 Å². The Morgan fingerprint density at radius 1 is 1.42 bits per heavy atom. The lowest BCUT2D eigenvalue weighted by atomic mass is 10.2. The van der Waals surface area contributed by atoms with E-state index in [2.05, 4.69) is 11.4 Å². The molecule has 8 heteroatoms. The molecule has 1 aliphatic rings. The van der Waals surface area contributed by atoms with Crippen LogP contribution in [0.2, 0.25) is 0 Å². The van der Waals surface area contributed by atoms with E-state index in [0.717, 1.165) is 30.7 Å². The molecule has 7 nitrogen and oxygen atoms in total. The third-order valence-electron chi connectivity index (χ3n) is 4.37. The standard InChI is InChI=1S/C18H25N3O4S/c1-4-24-17(23)11-26-10-16(22)20-18-15(8-19)12(2)13(3)21(18)9-14-6-5-7-25-14/h14H,4-7,9-11H2,1-3H3,(H,20,22)/t14-/m1/s1. The molecular formula is C18H25N3O4S. The number of esters is 1. The van der Waals surface area contributed by atoms with E-state index in [1.807, 2.05) is 18.4 Å². The van der Waals surface area contributed by atoms with Crippen molar-refractivity contribution < 1.29 is 19.1 Å². The number of nitriles is 1. The molecule has 142 valence electrons. The molecule has 0 bridgehead atoms. The fraction of sp³-hybridized carbons (Fsp3) is 0.611. The van der Waals surface area contributed by atoms with Gasteiger partial charge in [0.15, 0.2) is 0 Å². The second kappa shape index (κ2) is 9.64. The van der Waals surface area contributed by atoms with Crippen LogP contribution in [0.3, 0.4) is 0 Å². The van der Waals surface area contributed by atoms with Crippen molar-refractivity contribution in [3.8, 4) is 6.07 Å². The lowest BCUT2D eigenvalue weighted by Crippen LogP contribution is -2.22. The molecule has 0 aliphatic carbocycles. The minimum Gasteiger partial charge on any atom is -0.465 e. The van der Waals surface area contributed by atoms with Crippen LogP contribution in [0.1, 0.15) is 36.6 Å². The van der Waals surface area contributed by atoms with E-state index < -0.39 is 0 Å². The molecule has 0 radical (unpaired) electrons. The summed E-state index contributed by atoms with van der Waals surface area (Å²) < 4.78 is 12.5. The van der Waals surface area contributed by atoms with Gasteiger partial charge in [-0.1, -0.05) is 0 Å². The SMILES string of the molecule is CCOC(=O)CSCC(=O)Nc1c(C#N)c(C)c(C)n1C[C@H]1CCCO1. The lowest BCUT2D eigenvalue weighted by Gasteiger charge is -2.16. The van der Waals surface area contributed by atoms with Crippen LogP contribution in [0.25, 0.3) is 0 Å². The molecule has 1 aromatic heterocycles. The predicted octanol–water partition coefficient (Wildman–Crippen LogP) is 2.39. The number of hydrogen-bond acceptors (Lipinski definition) is 6. The number of ether oxygens (including phenoxy) is 2. The van der Waals surface area contributed by atoms with Gasteiger partial charge in [0.2, 0.25) is 5.91 Å². The Balaban J connectivity index is 2.06. The smallest absolute Gasteiger partial charge is 0.315 e. The normalized spacial score (nSPS) is 16.3. The molecule has 1 N–H and O–H groups in total. The van der Waals surface area contributed by atoms with Gasteiger partial charge >= 0.3 is 5.97 Å². The first-order chi connectivity index (χ1) is 12.5. The second-order valence-electron chi connectivity index (χ2n) is 6.14. The first-order valence-corrected chi connectivity index (χ1v) is 9.88. The molecule has 2 heterocycles. The van der Waals surface area contributed by atoms with Gasteiger partial charge in [0.25, 0.3) is 0 Å². The van der Waals surface area contributed by atoms with Crippen LogP contribution >= 0.6 is 11.8 Å². The third kappa shape index (κ3) is 5.02. The van der Waals surface area contributed by atoms with Gasteiger partial charge < -0.3 is 19.4 Å². The number of nitrogens with one attached hydrogen (secondary N) is 1. The zero-order valence-corrected chi connectivity index (χ0v) is 16.3. The highest BCUT2D eigenvalue weighted by Crippen LogP contribution is 2.28. The quantitative estimate of drug-likeness (QED) is 0.697. The predicted molar refractivity (Wildman–Crippen MR) is 100 cm³/mol. The molecule has 1 saturated heterocycles. The van der Waals surface area contributed by atoms with Gasteiger partial charge in [-0.3, -0.25) is 9.59 Å². The Labute approximate surface area is 158 Å². The van der Waals surface area contributed by atoms with E-state index in [9.17, 15) is 14.9 Å². The van der Waals surface area contributed by atoms with Gasteiger partial charge in [0.1, 0.15) is 11.9 Å². The van der Waals surface area contributed by atoms with Gasteiger partial charge in [-0.15, -0.1) is 11.8 Å². The number of rotatable bonds is 8. The summed E-state index contributed by atoms with van der Waals surface area (Å²) in [6, 6.07) is 2.19. The molecule has 1 aliphatic heterocycles. The fourth-order valence-corrected chi connectivity index (χ4v) is 3.56. The molecule has 0 spiro atoms. The highest BCUT2D eigenvalue weighted by molar-refractivity contribution is 8.00. The number of nitrogens with zero attached hydrogens (tertiary/aromatic N) is 2. The van der Waals surface area contributed by atoms with Gasteiger partial charge in [-0.25, -0.2) is 0 Å². The molecule has 1 fully saturated rings. The minimum atomic E-state index is -0.337. The van der Waals surface area contributed by atoms with Gasteiger partial charge in [-0.05, 0) is 39.2 Å². The Bertz CT molecular complexity index is 702. The van der Waals surface area contributed by atoms with Crippen molar-refractivity contribution >= 4 is 29.5 Å². The van der Waals surface area contributed by atoms with Crippen LogP contribution in [0.15, 0.2) is 0 Å². The largest absolute Gasteiger partial charge is 0.465 e. The van der Waals surface area contributed by atoms with Crippen molar-refractivity contribution in [1.29, 1.82) is 5.26 Å². The number of aromatic nitrogens is 1. The molecular weight excluding hydrogens is 354 g/mol. The topological polar surface area (TPSA) is 93.4 Å². The highest BCUT2D eigenvalue weighted by atomic mass is 32.2. The highest BCUT2D eigenvalue weighted by Gasteiger charge is 2.24. The van der Waals surface area contributed by atoms with Crippen LogP contribution in [-0.4, -0.2) is 47.3 Å². The van der Waals surface area contributed by atoms with Crippen LogP contribution < -0.4 is 5.32 Å². The molecule has 0 saturated carbocycles. The van der Waals surface area contributed by atoms with Crippen molar-refractivity contribution in [2.45, 2.75) is 46.3 Å². The Morgan fingerprint density at radius 2 is 2.19 bits per heavy atom. The van der Waals surface area contributed by atoms with E-state index in [-0.39, 0.29) is 29.5 Å². The van der Waals surface area contributed by atoms with Gasteiger partial charge in [-0.2, -0.15) is 5.26 Å². The van der Waals surface area contributed by atoms with E-state index >= 15 is 0 Å². The van der Waals surface area contributed by atoms with Gasteiger partial charge in [0, 0.05) is 12.3 Å². The zero-order chi connectivity index (χ0) is 19.1. The number of hydrogen-bond donors (Lipinski definition) is 1. The molecule has 1 atom stereocenters. The first kappa shape index (κ1) is 20.3. The van der Waals surface area contributed by atoms with Crippen molar-refractivity contribution in [2.75, 3.05) is 30.0 Å². The summed E-state index contributed by atoms with van der Waals surface area (Å²) in [7, 11) is 0. The Kier molecular flexibility index (Phi) is 7.54.